The van der Waals surface area contributed by atoms with E-state index in [4.69, 9.17) is 15.8 Å². The molecule has 1 rings (SSSR count). The van der Waals surface area contributed by atoms with Gasteiger partial charge in [-0.3, -0.25) is 0 Å². The van der Waals surface area contributed by atoms with E-state index in [1.807, 2.05) is 18.2 Å². The predicted octanol–water partition coefficient (Wildman–Crippen LogP) is 3.64. The number of anilines is 1. The predicted molar refractivity (Wildman–Crippen MR) is 83.0 cm³/mol. The van der Waals surface area contributed by atoms with Crippen molar-refractivity contribution >= 4 is 11.3 Å². The Morgan fingerprint density at radius 1 is 0.905 bits per heavy atom. The molecule has 0 unspecified atom stereocenters. The van der Waals surface area contributed by atoms with Crippen LogP contribution in [-0.2, 0) is 0 Å². The van der Waals surface area contributed by atoms with Gasteiger partial charge >= 0.3 is 0 Å². The summed E-state index contributed by atoms with van der Waals surface area (Å²) >= 11 is 0. The van der Waals surface area contributed by atoms with Crippen molar-refractivity contribution in [1.29, 1.82) is 15.8 Å². The molecule has 0 aliphatic rings. The zero-order valence-electron chi connectivity index (χ0n) is 12.4. The van der Waals surface area contributed by atoms with Gasteiger partial charge in [0.15, 0.2) is 0 Å². The first-order valence-corrected chi connectivity index (χ1v) is 7.01. The quantitative estimate of drug-likeness (QED) is 0.744. The molecule has 0 aromatic heterocycles. The van der Waals surface area contributed by atoms with Crippen molar-refractivity contribution in [2.24, 2.45) is 0 Å². The lowest BCUT2D eigenvalue weighted by Crippen LogP contribution is -2.24. The van der Waals surface area contributed by atoms with Crippen LogP contribution in [0, 0.1) is 34.0 Å². The minimum atomic E-state index is -0.149. The summed E-state index contributed by atoms with van der Waals surface area (Å²) in [5, 5.41) is 26.9. The van der Waals surface area contributed by atoms with Crippen LogP contribution in [0.15, 0.2) is 29.8 Å². The van der Waals surface area contributed by atoms with Crippen molar-refractivity contribution in [3.8, 4) is 18.2 Å². The Hall–Kier alpha value is -2.77. The van der Waals surface area contributed by atoms with Crippen LogP contribution < -0.4 is 4.90 Å². The molecule has 0 atom stereocenters. The van der Waals surface area contributed by atoms with E-state index in [0.29, 0.717) is 5.56 Å². The van der Waals surface area contributed by atoms with Crippen molar-refractivity contribution in [2.75, 3.05) is 18.0 Å². The third-order valence-electron chi connectivity index (χ3n) is 3.09. The normalized spacial score (nSPS) is 9.10. The van der Waals surface area contributed by atoms with Crippen LogP contribution in [-0.4, -0.2) is 13.1 Å². The summed E-state index contributed by atoms with van der Waals surface area (Å²) in [6.07, 6.45) is 2.14. The highest BCUT2D eigenvalue weighted by atomic mass is 15.1. The van der Waals surface area contributed by atoms with Gasteiger partial charge in [0.05, 0.1) is 5.57 Å². The maximum Gasteiger partial charge on any atom is 0.148 e. The minimum absolute atomic E-state index is 0.129. The molecule has 0 spiro atoms. The molecule has 0 fully saturated rings. The van der Waals surface area contributed by atoms with Gasteiger partial charge in [0.25, 0.3) is 0 Å². The molecule has 0 heterocycles. The fourth-order valence-electron chi connectivity index (χ4n) is 2.15. The van der Waals surface area contributed by atoms with E-state index in [1.54, 1.807) is 24.3 Å². The number of rotatable bonds is 6. The van der Waals surface area contributed by atoms with Gasteiger partial charge in [-0.15, -0.1) is 0 Å². The van der Waals surface area contributed by atoms with Crippen molar-refractivity contribution < 1.29 is 0 Å². The molecular formula is C17H18N4. The topological polar surface area (TPSA) is 74.6 Å². The molecular weight excluding hydrogens is 260 g/mol. The molecule has 0 radical (unpaired) electrons. The van der Waals surface area contributed by atoms with Crippen LogP contribution in [0.4, 0.5) is 5.69 Å². The molecule has 1 aromatic carbocycles. The second-order valence-corrected chi connectivity index (χ2v) is 4.62. The Kier molecular flexibility index (Phi) is 6.52. The summed E-state index contributed by atoms with van der Waals surface area (Å²) in [6.45, 7) is 6.24. The molecule has 4 nitrogen and oxygen atoms in total. The van der Waals surface area contributed by atoms with E-state index in [2.05, 4.69) is 18.7 Å². The molecule has 1 aromatic rings. The summed E-state index contributed by atoms with van der Waals surface area (Å²) in [4.78, 5) is 2.29. The summed E-state index contributed by atoms with van der Waals surface area (Å²) in [5.41, 5.74) is 1.68. The number of nitrogens with zero attached hydrogens (tertiary/aromatic N) is 4. The lowest BCUT2D eigenvalue weighted by molar-refractivity contribution is 0.745. The van der Waals surface area contributed by atoms with Crippen LogP contribution in [0.1, 0.15) is 32.3 Å². The first-order valence-electron chi connectivity index (χ1n) is 7.01. The second-order valence-electron chi connectivity index (χ2n) is 4.62. The van der Waals surface area contributed by atoms with Crippen molar-refractivity contribution in [3.05, 3.63) is 35.4 Å². The molecule has 0 saturated carbocycles. The Bertz CT molecular complexity index is 599. The number of nitriles is 3. The monoisotopic (exact) mass is 278 g/mol. The van der Waals surface area contributed by atoms with Gasteiger partial charge in [-0.25, -0.2) is 0 Å². The molecule has 0 aliphatic heterocycles. The van der Waals surface area contributed by atoms with E-state index in [0.717, 1.165) is 31.6 Å². The van der Waals surface area contributed by atoms with Crippen LogP contribution in [0.2, 0.25) is 0 Å². The lowest BCUT2D eigenvalue weighted by Gasteiger charge is -2.23. The summed E-state index contributed by atoms with van der Waals surface area (Å²) < 4.78 is 0. The Morgan fingerprint density at radius 2 is 1.43 bits per heavy atom. The first-order chi connectivity index (χ1) is 10.2. The van der Waals surface area contributed by atoms with E-state index in [-0.39, 0.29) is 11.1 Å². The van der Waals surface area contributed by atoms with Crippen LogP contribution in [0.5, 0.6) is 0 Å². The van der Waals surface area contributed by atoms with E-state index >= 15 is 0 Å². The van der Waals surface area contributed by atoms with Gasteiger partial charge in [0.1, 0.15) is 23.8 Å². The van der Waals surface area contributed by atoms with E-state index in [1.165, 1.54) is 0 Å². The highest BCUT2D eigenvalue weighted by Crippen LogP contribution is 2.22. The number of hydrogen-bond acceptors (Lipinski definition) is 4. The first kappa shape index (κ1) is 16.3. The maximum absolute atomic E-state index is 9.14. The Balaban J connectivity index is 3.13. The van der Waals surface area contributed by atoms with Gasteiger partial charge in [-0.1, -0.05) is 26.0 Å². The van der Waals surface area contributed by atoms with Gasteiger partial charge < -0.3 is 4.90 Å². The number of hydrogen-bond donors (Lipinski definition) is 0. The van der Waals surface area contributed by atoms with Crippen LogP contribution >= 0.6 is 0 Å². The van der Waals surface area contributed by atoms with Crippen molar-refractivity contribution in [3.63, 3.8) is 0 Å². The average molecular weight is 278 g/mol. The molecule has 0 aliphatic carbocycles. The zero-order valence-corrected chi connectivity index (χ0v) is 12.4. The molecule has 21 heavy (non-hydrogen) atoms. The summed E-state index contributed by atoms with van der Waals surface area (Å²) in [6, 6.07) is 12.9. The van der Waals surface area contributed by atoms with E-state index < -0.39 is 0 Å². The lowest BCUT2D eigenvalue weighted by atomic mass is 10.0. The second kappa shape index (κ2) is 8.41. The van der Waals surface area contributed by atoms with Crippen molar-refractivity contribution in [1.82, 2.24) is 0 Å². The van der Waals surface area contributed by atoms with Crippen LogP contribution in [0.25, 0.3) is 5.57 Å². The number of benzene rings is 1. The Labute approximate surface area is 126 Å². The van der Waals surface area contributed by atoms with Gasteiger partial charge in [0, 0.05) is 18.8 Å². The zero-order chi connectivity index (χ0) is 15.7. The molecule has 0 amide bonds. The molecule has 0 bridgehead atoms. The SMILES string of the molecule is CCCN(CCC)c1ccc(C(C#N)=C(C#N)C#N)cc1. The van der Waals surface area contributed by atoms with Gasteiger partial charge in [-0.05, 0) is 30.5 Å². The summed E-state index contributed by atoms with van der Waals surface area (Å²) in [7, 11) is 0. The third kappa shape index (κ3) is 4.10. The fourth-order valence-corrected chi connectivity index (χ4v) is 2.15. The highest BCUT2D eigenvalue weighted by Gasteiger charge is 2.10. The molecule has 0 saturated heterocycles. The van der Waals surface area contributed by atoms with Gasteiger partial charge in [-0.2, -0.15) is 15.8 Å². The van der Waals surface area contributed by atoms with Gasteiger partial charge in [0.2, 0.25) is 0 Å². The van der Waals surface area contributed by atoms with E-state index in [9.17, 15) is 0 Å². The summed E-state index contributed by atoms with van der Waals surface area (Å²) in [5.74, 6) is 0. The maximum atomic E-state index is 9.14. The third-order valence-corrected chi connectivity index (χ3v) is 3.09. The van der Waals surface area contributed by atoms with Crippen molar-refractivity contribution in [2.45, 2.75) is 26.7 Å². The Morgan fingerprint density at radius 3 is 1.81 bits per heavy atom. The average Bonchev–Trinajstić information content (AvgIpc) is 2.52. The molecule has 106 valence electrons. The number of allylic oxidation sites excluding steroid dienone is 2. The molecule has 0 N–H and O–H groups in total. The highest BCUT2D eigenvalue weighted by molar-refractivity contribution is 5.84. The van der Waals surface area contributed by atoms with Crippen LogP contribution in [0.3, 0.4) is 0 Å². The minimum Gasteiger partial charge on any atom is -0.372 e. The largest absolute Gasteiger partial charge is 0.372 e. The fraction of sp³-hybridized carbons (Fsp3) is 0.353. The standard InChI is InChI=1S/C17H18N4/c1-3-9-21(10-4-2)16-7-5-14(6-8-16)17(13-20)15(11-18)12-19/h5-8H,3-4,9-10H2,1-2H3. The smallest absolute Gasteiger partial charge is 0.148 e. The molecule has 4 heteroatoms.